The van der Waals surface area contributed by atoms with Crippen molar-refractivity contribution in [1.29, 1.82) is 0 Å². The number of rotatable bonds is 2. The maximum Gasteiger partial charge on any atom is 0.312 e. The summed E-state index contributed by atoms with van der Waals surface area (Å²) in [6.07, 6.45) is 5.32. The molecule has 0 aromatic heterocycles. The van der Waals surface area contributed by atoms with Crippen LogP contribution >= 0.6 is 0 Å². The summed E-state index contributed by atoms with van der Waals surface area (Å²) in [4.78, 5) is 27.4. The average Bonchev–Trinajstić information content (AvgIpc) is 2.58. The predicted molar refractivity (Wildman–Crippen MR) is 68.8 cm³/mol. The van der Waals surface area contributed by atoms with E-state index in [0.717, 1.165) is 25.7 Å². The quantitative estimate of drug-likeness (QED) is 0.570. The molecular weight excluding hydrogens is 230 g/mol. The summed E-state index contributed by atoms with van der Waals surface area (Å²) in [5, 5.41) is 0. The lowest BCUT2D eigenvalue weighted by Gasteiger charge is -2.39. The number of carbonyl (C=O) groups is 2. The second-order valence-corrected chi connectivity index (χ2v) is 5.25. The van der Waals surface area contributed by atoms with Gasteiger partial charge in [0, 0.05) is 31.7 Å². The van der Waals surface area contributed by atoms with E-state index in [1.807, 2.05) is 6.92 Å². The van der Waals surface area contributed by atoms with Crippen molar-refractivity contribution < 1.29 is 9.59 Å². The van der Waals surface area contributed by atoms with Gasteiger partial charge in [0.05, 0.1) is 0 Å². The summed E-state index contributed by atoms with van der Waals surface area (Å²) in [7, 11) is 0. The van der Waals surface area contributed by atoms with Gasteiger partial charge in [0.1, 0.15) is 0 Å². The maximum atomic E-state index is 12.1. The molecule has 2 aliphatic rings. The Bertz CT molecular complexity index is 332. The van der Waals surface area contributed by atoms with Gasteiger partial charge in [0.2, 0.25) is 0 Å². The van der Waals surface area contributed by atoms with Gasteiger partial charge in [-0.1, -0.05) is 19.3 Å². The van der Waals surface area contributed by atoms with Gasteiger partial charge in [-0.05, 0) is 19.8 Å². The second-order valence-electron chi connectivity index (χ2n) is 5.25. The molecule has 2 fully saturated rings. The minimum atomic E-state index is -0.361. The molecule has 2 rings (SSSR count). The first-order valence-electron chi connectivity index (χ1n) is 7.00. The van der Waals surface area contributed by atoms with Crippen molar-refractivity contribution in [3.8, 4) is 0 Å². The number of carbonyl (C=O) groups excluding carboxylic acids is 2. The fraction of sp³-hybridized carbons (Fsp3) is 0.846. The highest BCUT2D eigenvalue weighted by Crippen LogP contribution is 2.23. The molecule has 102 valence electrons. The number of amides is 2. The van der Waals surface area contributed by atoms with Gasteiger partial charge in [-0.15, -0.1) is 0 Å². The minimum absolute atomic E-state index is 0.0254. The summed E-state index contributed by atoms with van der Waals surface area (Å²) in [5.74, 6) is -0.717. The van der Waals surface area contributed by atoms with Crippen LogP contribution < -0.4 is 5.73 Å². The summed E-state index contributed by atoms with van der Waals surface area (Å²) in [6.45, 7) is 3.79. The Kier molecular flexibility index (Phi) is 4.22. The molecule has 0 aromatic rings. The van der Waals surface area contributed by atoms with Crippen LogP contribution in [0.3, 0.4) is 0 Å². The fourth-order valence-corrected chi connectivity index (χ4v) is 3.01. The molecule has 2 atom stereocenters. The number of piperazine rings is 1. The molecule has 5 heteroatoms. The van der Waals surface area contributed by atoms with E-state index in [1.54, 1.807) is 9.80 Å². The fourth-order valence-electron chi connectivity index (χ4n) is 3.01. The molecule has 2 amide bonds. The van der Waals surface area contributed by atoms with Crippen molar-refractivity contribution >= 4 is 11.8 Å². The van der Waals surface area contributed by atoms with Gasteiger partial charge in [-0.25, -0.2) is 0 Å². The Morgan fingerprint density at radius 2 is 1.83 bits per heavy atom. The third-order valence-corrected chi connectivity index (χ3v) is 4.16. The summed E-state index contributed by atoms with van der Waals surface area (Å²) < 4.78 is 0. The van der Waals surface area contributed by atoms with Crippen LogP contribution in [-0.4, -0.2) is 53.3 Å². The average molecular weight is 253 g/mol. The van der Waals surface area contributed by atoms with Gasteiger partial charge < -0.3 is 15.5 Å². The third kappa shape index (κ3) is 2.51. The molecule has 0 spiro atoms. The molecule has 0 bridgehead atoms. The van der Waals surface area contributed by atoms with E-state index < -0.39 is 0 Å². The second kappa shape index (κ2) is 5.69. The van der Waals surface area contributed by atoms with Crippen LogP contribution in [0.4, 0.5) is 0 Å². The molecule has 1 heterocycles. The Balaban J connectivity index is 2.08. The van der Waals surface area contributed by atoms with Crippen LogP contribution in [0.5, 0.6) is 0 Å². The van der Waals surface area contributed by atoms with Crippen LogP contribution in [0.25, 0.3) is 0 Å². The number of likely N-dealkylation sites (N-methyl/N-ethyl adjacent to an activating group) is 1. The zero-order valence-electron chi connectivity index (χ0n) is 11.1. The van der Waals surface area contributed by atoms with E-state index in [4.69, 9.17) is 5.73 Å². The van der Waals surface area contributed by atoms with E-state index in [-0.39, 0.29) is 23.9 Å². The molecule has 1 saturated heterocycles. The number of nitrogens with zero attached hydrogens (tertiary/aromatic N) is 2. The Hall–Kier alpha value is -1.10. The van der Waals surface area contributed by atoms with Crippen molar-refractivity contribution in [2.75, 3.05) is 19.6 Å². The lowest BCUT2D eigenvalue weighted by Crippen LogP contribution is -2.60. The Morgan fingerprint density at radius 3 is 2.56 bits per heavy atom. The predicted octanol–water partition coefficient (Wildman–Crippen LogP) is 0.337. The smallest absolute Gasteiger partial charge is 0.312 e. The van der Waals surface area contributed by atoms with Crippen LogP contribution in [0.2, 0.25) is 0 Å². The molecule has 1 aliphatic carbocycles. The van der Waals surface area contributed by atoms with Gasteiger partial charge in [0.25, 0.3) is 0 Å². The molecule has 2 N–H and O–H groups in total. The van der Waals surface area contributed by atoms with Gasteiger partial charge in [-0.2, -0.15) is 0 Å². The van der Waals surface area contributed by atoms with Crippen molar-refractivity contribution in [3.63, 3.8) is 0 Å². The van der Waals surface area contributed by atoms with Gasteiger partial charge >= 0.3 is 11.8 Å². The van der Waals surface area contributed by atoms with E-state index in [1.165, 1.54) is 6.42 Å². The highest BCUT2D eigenvalue weighted by molar-refractivity contribution is 6.35. The molecule has 5 nitrogen and oxygen atoms in total. The largest absolute Gasteiger partial charge is 0.333 e. The van der Waals surface area contributed by atoms with Gasteiger partial charge in [-0.3, -0.25) is 9.59 Å². The molecule has 1 aliphatic heterocycles. The SMILES string of the molecule is CCN1CCN(C2CCCCCC2N)C(=O)C1=O. The first kappa shape index (κ1) is 13.3. The Morgan fingerprint density at radius 1 is 1.11 bits per heavy atom. The third-order valence-electron chi connectivity index (χ3n) is 4.16. The Labute approximate surface area is 108 Å². The zero-order valence-corrected chi connectivity index (χ0v) is 11.1. The normalized spacial score (nSPS) is 30.6. The van der Waals surface area contributed by atoms with Crippen LogP contribution in [0.1, 0.15) is 39.0 Å². The molecule has 1 saturated carbocycles. The van der Waals surface area contributed by atoms with Crippen molar-refractivity contribution in [2.24, 2.45) is 5.73 Å². The van der Waals surface area contributed by atoms with Crippen molar-refractivity contribution in [2.45, 2.75) is 51.1 Å². The van der Waals surface area contributed by atoms with E-state index in [9.17, 15) is 9.59 Å². The molecule has 0 aromatic carbocycles. The lowest BCUT2D eigenvalue weighted by atomic mass is 10.0. The molecule has 18 heavy (non-hydrogen) atoms. The summed E-state index contributed by atoms with van der Waals surface area (Å²) in [6, 6.07) is 0.0837. The topological polar surface area (TPSA) is 66.6 Å². The van der Waals surface area contributed by atoms with Crippen LogP contribution in [0.15, 0.2) is 0 Å². The first-order chi connectivity index (χ1) is 8.65. The monoisotopic (exact) mass is 253 g/mol. The minimum Gasteiger partial charge on any atom is -0.333 e. The molecule has 0 radical (unpaired) electrons. The van der Waals surface area contributed by atoms with Crippen LogP contribution in [-0.2, 0) is 9.59 Å². The van der Waals surface area contributed by atoms with Crippen LogP contribution in [0, 0.1) is 0 Å². The first-order valence-corrected chi connectivity index (χ1v) is 7.00. The van der Waals surface area contributed by atoms with E-state index in [0.29, 0.717) is 19.6 Å². The molecular formula is C13H23N3O2. The number of hydrogen-bond acceptors (Lipinski definition) is 3. The highest BCUT2D eigenvalue weighted by Gasteiger charge is 2.37. The van der Waals surface area contributed by atoms with E-state index >= 15 is 0 Å². The number of nitrogens with two attached hydrogens (primary N) is 1. The summed E-state index contributed by atoms with van der Waals surface area (Å²) in [5.41, 5.74) is 6.17. The molecule has 2 unspecified atom stereocenters. The zero-order chi connectivity index (χ0) is 13.1. The van der Waals surface area contributed by atoms with Crippen molar-refractivity contribution in [1.82, 2.24) is 9.80 Å². The lowest BCUT2D eigenvalue weighted by molar-refractivity contribution is -0.158. The van der Waals surface area contributed by atoms with Crippen molar-refractivity contribution in [3.05, 3.63) is 0 Å². The van der Waals surface area contributed by atoms with E-state index in [2.05, 4.69) is 0 Å². The highest BCUT2D eigenvalue weighted by atomic mass is 16.2. The number of hydrogen-bond donors (Lipinski definition) is 1. The van der Waals surface area contributed by atoms with Gasteiger partial charge in [0.15, 0.2) is 0 Å². The standard InChI is InChI=1S/C13H23N3O2/c1-2-15-8-9-16(13(18)12(15)17)11-7-5-3-4-6-10(11)14/h10-11H,2-9,14H2,1H3. The summed E-state index contributed by atoms with van der Waals surface area (Å²) >= 11 is 0. The maximum absolute atomic E-state index is 12.1.